The van der Waals surface area contributed by atoms with Gasteiger partial charge in [-0.15, -0.1) is 0 Å². The van der Waals surface area contributed by atoms with E-state index < -0.39 is 17.3 Å². The Morgan fingerprint density at radius 3 is 2.67 bits per heavy atom. The van der Waals surface area contributed by atoms with Crippen LogP contribution in [0.3, 0.4) is 0 Å². The third kappa shape index (κ3) is 5.86. The van der Waals surface area contributed by atoms with Crippen LogP contribution in [0.4, 0.5) is 4.79 Å². The Labute approximate surface area is 90.3 Å². The highest BCUT2D eigenvalue weighted by Gasteiger charge is 2.21. The highest BCUT2D eigenvalue weighted by molar-refractivity contribution is 8.13. The first-order valence-electron chi connectivity index (χ1n) is 3.95. The lowest BCUT2D eigenvalue weighted by Crippen LogP contribution is -2.27. The van der Waals surface area contributed by atoms with Gasteiger partial charge in [0.15, 0.2) is 6.04 Å². The molecule has 0 radical (unpaired) electrons. The van der Waals surface area contributed by atoms with E-state index in [1.807, 2.05) is 0 Å². The van der Waals surface area contributed by atoms with Gasteiger partial charge < -0.3 is 15.4 Å². The molecule has 0 aromatic rings. The molecule has 1 atom stereocenters. The molecule has 0 unspecified atom stereocenters. The molecular formula is C6H12N4O4S. The molecule has 4 N–H and O–H groups in total. The van der Waals surface area contributed by atoms with Gasteiger partial charge in [-0.3, -0.25) is 0 Å². The molecule has 9 heteroatoms. The predicted octanol–water partition coefficient (Wildman–Crippen LogP) is -0.0125. The Kier molecular flexibility index (Phi) is 7.28. The van der Waals surface area contributed by atoms with Crippen molar-refractivity contribution in [1.82, 2.24) is 0 Å². The average molecular weight is 236 g/mol. The Hall–Kier alpha value is -1.35. The van der Waals surface area contributed by atoms with Crippen LogP contribution in [-0.2, 0) is 14.4 Å². The van der Waals surface area contributed by atoms with Crippen molar-refractivity contribution >= 4 is 23.0 Å². The van der Waals surface area contributed by atoms with Crippen LogP contribution in [0.2, 0.25) is 0 Å². The van der Waals surface area contributed by atoms with E-state index in [1.54, 1.807) is 6.92 Å². The van der Waals surface area contributed by atoms with Crippen LogP contribution in [-0.4, -0.2) is 29.7 Å². The number of hydrogen-bond acceptors (Lipinski definition) is 8. The van der Waals surface area contributed by atoms with Crippen LogP contribution in [0, 0.1) is 0 Å². The summed E-state index contributed by atoms with van der Waals surface area (Å²) < 4.78 is 4.62. The van der Waals surface area contributed by atoms with E-state index in [2.05, 4.69) is 25.8 Å². The van der Waals surface area contributed by atoms with E-state index in [9.17, 15) is 9.59 Å². The van der Waals surface area contributed by atoms with Crippen molar-refractivity contribution in [3.8, 4) is 0 Å². The maximum absolute atomic E-state index is 11.0. The van der Waals surface area contributed by atoms with Crippen molar-refractivity contribution in [2.45, 2.75) is 13.0 Å². The number of ether oxygens (including phenoxy) is 1. The molecule has 0 fully saturated rings. The van der Waals surface area contributed by atoms with Gasteiger partial charge in [-0.1, -0.05) is 5.22 Å². The molecule has 15 heavy (non-hydrogen) atoms. The second kappa shape index (κ2) is 8.00. The predicted molar refractivity (Wildman–Crippen MR) is 52.6 cm³/mol. The lowest BCUT2D eigenvalue weighted by molar-refractivity contribution is -0.145. The number of thioether (sulfide) groups is 1. The molecule has 0 bridgehead atoms. The number of nitrogens with zero attached hydrogens (tertiary/aromatic N) is 2. The highest BCUT2D eigenvalue weighted by Crippen LogP contribution is 2.10. The van der Waals surface area contributed by atoms with Gasteiger partial charge in [0.2, 0.25) is 0 Å². The molecule has 0 amide bonds. The number of carbonyl (C=O) groups is 2. The van der Waals surface area contributed by atoms with E-state index in [-0.39, 0.29) is 12.4 Å². The minimum absolute atomic E-state index is 0.00949. The van der Waals surface area contributed by atoms with Gasteiger partial charge in [-0.2, -0.15) is 11.0 Å². The summed E-state index contributed by atoms with van der Waals surface area (Å²) in [5, 5.41) is 5.76. The molecule has 0 spiro atoms. The third-order valence-corrected chi connectivity index (χ3v) is 2.05. The van der Waals surface area contributed by atoms with E-state index in [1.165, 1.54) is 0 Å². The zero-order valence-electron chi connectivity index (χ0n) is 8.08. The summed E-state index contributed by atoms with van der Waals surface area (Å²) in [6, 6.07) is -1.01. The Morgan fingerprint density at radius 2 is 2.20 bits per heavy atom. The Bertz CT molecular complexity index is 247. The van der Waals surface area contributed by atoms with Crippen LogP contribution in [0.1, 0.15) is 6.92 Å². The third-order valence-electron chi connectivity index (χ3n) is 1.22. The van der Waals surface area contributed by atoms with Gasteiger partial charge in [-0.25, -0.2) is 9.59 Å². The molecule has 0 aliphatic carbocycles. The SMILES string of the molecule is CCOC(=O)SC[C@H](N=NN)C(=O)ON. The summed E-state index contributed by atoms with van der Waals surface area (Å²) in [5.41, 5.74) is 0. The summed E-state index contributed by atoms with van der Waals surface area (Å²) in [5.74, 6) is 8.61. The molecule has 0 aromatic heterocycles. The fourth-order valence-corrected chi connectivity index (χ4v) is 1.31. The molecule has 0 aromatic carbocycles. The van der Waals surface area contributed by atoms with Gasteiger partial charge >= 0.3 is 11.3 Å². The molecule has 0 saturated carbocycles. The lowest BCUT2D eigenvalue weighted by atomic mass is 10.4. The molecule has 0 aliphatic heterocycles. The fourth-order valence-electron chi connectivity index (χ4n) is 0.614. The van der Waals surface area contributed by atoms with Gasteiger partial charge in [0, 0.05) is 5.75 Å². The van der Waals surface area contributed by atoms with Crippen molar-refractivity contribution in [2.75, 3.05) is 12.4 Å². The number of hydrogen-bond donors (Lipinski definition) is 2. The molecule has 0 heterocycles. The molecule has 0 aliphatic rings. The van der Waals surface area contributed by atoms with Crippen molar-refractivity contribution < 1.29 is 19.2 Å². The second-order valence-electron chi connectivity index (χ2n) is 2.18. The number of nitrogens with two attached hydrogens (primary N) is 2. The monoisotopic (exact) mass is 236 g/mol. The van der Waals surface area contributed by atoms with Crippen molar-refractivity contribution in [3.63, 3.8) is 0 Å². The smallest absolute Gasteiger partial charge is 0.367 e. The summed E-state index contributed by atoms with van der Waals surface area (Å²) in [7, 11) is 0. The summed E-state index contributed by atoms with van der Waals surface area (Å²) in [4.78, 5) is 25.8. The first kappa shape index (κ1) is 13.7. The van der Waals surface area contributed by atoms with Gasteiger partial charge in [-0.05, 0) is 18.7 Å². The van der Waals surface area contributed by atoms with Crippen LogP contribution in [0.15, 0.2) is 10.3 Å². The lowest BCUT2D eigenvalue weighted by Gasteiger charge is -2.06. The Balaban J connectivity index is 4.07. The molecule has 0 saturated heterocycles. The van der Waals surface area contributed by atoms with E-state index in [0.717, 1.165) is 11.8 Å². The zero-order valence-corrected chi connectivity index (χ0v) is 8.90. The maximum atomic E-state index is 11.0. The normalized spacial score (nSPS) is 12.4. The Morgan fingerprint density at radius 1 is 1.53 bits per heavy atom. The van der Waals surface area contributed by atoms with Crippen LogP contribution >= 0.6 is 11.8 Å². The second-order valence-corrected chi connectivity index (χ2v) is 3.13. The highest BCUT2D eigenvalue weighted by atomic mass is 32.2. The van der Waals surface area contributed by atoms with Crippen LogP contribution in [0.25, 0.3) is 0 Å². The zero-order chi connectivity index (χ0) is 11.7. The molecular weight excluding hydrogens is 224 g/mol. The summed E-state index contributed by atoms with van der Waals surface area (Å²) in [6.07, 6.45) is 0. The van der Waals surface area contributed by atoms with Gasteiger partial charge in [0.05, 0.1) is 6.61 Å². The topological polar surface area (TPSA) is 129 Å². The van der Waals surface area contributed by atoms with Crippen LogP contribution < -0.4 is 11.7 Å². The number of rotatable bonds is 5. The van der Waals surface area contributed by atoms with E-state index >= 15 is 0 Å². The number of carbonyl (C=O) groups excluding carboxylic acids is 2. The maximum Gasteiger partial charge on any atom is 0.367 e. The average Bonchev–Trinajstić information content (AvgIpc) is 2.23. The van der Waals surface area contributed by atoms with E-state index in [0.29, 0.717) is 0 Å². The first-order chi connectivity index (χ1) is 7.15. The fraction of sp³-hybridized carbons (Fsp3) is 0.667. The van der Waals surface area contributed by atoms with Crippen molar-refractivity contribution in [1.29, 1.82) is 0 Å². The van der Waals surface area contributed by atoms with Gasteiger partial charge in [0.25, 0.3) is 0 Å². The summed E-state index contributed by atoms with van der Waals surface area (Å²) in [6.45, 7) is 1.93. The quantitative estimate of drug-likeness (QED) is 0.297. The van der Waals surface area contributed by atoms with E-state index in [4.69, 9.17) is 5.84 Å². The molecule has 0 rings (SSSR count). The standard InChI is InChI=1S/C6H12N4O4S/c1-2-13-6(12)15-3-4(9-10-7)5(11)14-8/h4H,2-3,8H2,1H3,(H2,7,9)/t4-/m0/s1. The van der Waals surface area contributed by atoms with Gasteiger partial charge in [0.1, 0.15) is 0 Å². The minimum atomic E-state index is -1.01. The molecule has 86 valence electrons. The largest absolute Gasteiger partial charge is 0.458 e. The first-order valence-corrected chi connectivity index (χ1v) is 4.94. The van der Waals surface area contributed by atoms with Crippen LogP contribution in [0.5, 0.6) is 0 Å². The summed E-state index contributed by atoms with van der Waals surface area (Å²) >= 11 is 0.766. The van der Waals surface area contributed by atoms with Crippen molar-refractivity contribution in [2.24, 2.45) is 22.1 Å². The minimum Gasteiger partial charge on any atom is -0.458 e. The molecule has 8 nitrogen and oxygen atoms in total. The van der Waals surface area contributed by atoms with Crippen molar-refractivity contribution in [3.05, 3.63) is 0 Å².